The third-order valence-corrected chi connectivity index (χ3v) is 10.4. The molecule has 0 radical (unpaired) electrons. The first-order chi connectivity index (χ1) is 26.0. The van der Waals surface area contributed by atoms with Gasteiger partial charge in [-0.05, 0) is 59.8 Å². The van der Waals surface area contributed by atoms with Gasteiger partial charge in [-0.1, -0.05) is 76.2 Å². The summed E-state index contributed by atoms with van der Waals surface area (Å²) < 4.78 is 9.50. The predicted molar refractivity (Wildman–Crippen MR) is 221 cm³/mol. The normalized spacial score (nSPS) is 17.2. The van der Waals surface area contributed by atoms with Crippen molar-refractivity contribution < 1.29 is 34.1 Å². The Morgan fingerprint density at radius 1 is 0.632 bits per heavy atom. The Hall–Kier alpha value is -5.12. The molecule has 57 heavy (non-hydrogen) atoms. The molecule has 0 spiro atoms. The van der Waals surface area contributed by atoms with Crippen molar-refractivity contribution in [1.82, 2.24) is 40.4 Å². The minimum Gasteiger partial charge on any atom is -0.453 e. The largest absolute Gasteiger partial charge is 0.453 e. The second-order valence-corrected chi connectivity index (χ2v) is 14.6. The number of halogens is 2. The summed E-state index contributed by atoms with van der Waals surface area (Å²) in [5, 5.41) is 5.38. The van der Waals surface area contributed by atoms with E-state index in [-0.39, 0.29) is 66.0 Å². The van der Waals surface area contributed by atoms with E-state index in [2.05, 4.69) is 54.8 Å². The monoisotopic (exact) mass is 828 g/mol. The van der Waals surface area contributed by atoms with Crippen molar-refractivity contribution in [3.05, 3.63) is 72.6 Å². The Kier molecular flexibility index (Phi) is 16.5. The molecule has 4 aromatic rings. The summed E-state index contributed by atoms with van der Waals surface area (Å²) in [5.41, 5.74) is 5.78. The molecule has 2 fully saturated rings. The smallest absolute Gasteiger partial charge is 0.407 e. The molecule has 6 N–H and O–H groups in total. The second-order valence-electron chi connectivity index (χ2n) is 14.6. The molecular formula is C40H54Cl2N8O7. The number of H-pyrrole nitrogens is 2. The van der Waals surface area contributed by atoms with Gasteiger partial charge in [0.05, 0.1) is 50.1 Å². The van der Waals surface area contributed by atoms with Crippen LogP contribution >= 0.6 is 24.8 Å². The van der Waals surface area contributed by atoms with Gasteiger partial charge in [-0.2, -0.15) is 0 Å². The molecular weight excluding hydrogens is 775 g/mol. The molecule has 2 aromatic heterocycles. The van der Waals surface area contributed by atoms with Crippen LogP contribution < -0.4 is 10.6 Å². The molecule has 0 bridgehead atoms. The second kappa shape index (κ2) is 20.3. The molecule has 2 aromatic carbocycles. The molecule has 2 saturated heterocycles. The summed E-state index contributed by atoms with van der Waals surface area (Å²) in [6.07, 6.45) is 5.61. The van der Waals surface area contributed by atoms with Gasteiger partial charge in [0.15, 0.2) is 0 Å². The highest BCUT2D eigenvalue weighted by Crippen LogP contribution is 2.35. The zero-order chi connectivity index (χ0) is 38.5. The van der Waals surface area contributed by atoms with Crippen molar-refractivity contribution in [2.45, 2.75) is 77.5 Å². The Balaban J connectivity index is 0.00000290. The Morgan fingerprint density at radius 2 is 0.965 bits per heavy atom. The van der Waals surface area contributed by atoms with E-state index in [4.69, 9.17) is 9.47 Å². The topological polar surface area (TPSA) is 206 Å². The number of hydrogen-bond donors (Lipinski definition) is 4. The fourth-order valence-corrected chi connectivity index (χ4v) is 7.38. The number of benzene rings is 2. The van der Waals surface area contributed by atoms with E-state index in [0.29, 0.717) is 13.1 Å². The van der Waals surface area contributed by atoms with Gasteiger partial charge in [-0.3, -0.25) is 9.59 Å². The lowest BCUT2D eigenvalue weighted by Gasteiger charge is -2.30. The molecule has 17 heteroatoms. The van der Waals surface area contributed by atoms with Crippen molar-refractivity contribution in [1.29, 1.82) is 0 Å². The Morgan fingerprint density at radius 3 is 1.28 bits per heavy atom. The highest BCUT2D eigenvalue weighted by molar-refractivity contribution is 5.87. The van der Waals surface area contributed by atoms with Crippen LogP contribution in [-0.2, 0) is 19.1 Å². The zero-order valence-corrected chi connectivity index (χ0v) is 34.7. The lowest BCUT2D eigenvalue weighted by molar-refractivity contribution is -0.136. The number of methoxy groups -OCH3 is 2. The van der Waals surface area contributed by atoms with E-state index in [9.17, 15) is 19.2 Å². The van der Waals surface area contributed by atoms with E-state index in [1.165, 1.54) is 14.2 Å². The molecule has 6 rings (SSSR count). The SMILES string of the molecule is COC(=O)N[C@H](C(=O)N1CCC[C@H]1c1ncc(-c2ccc(-c3ccc(-c4cnc([C@@H]5CCCN5C(=O)[C@@H](NC(=O)OC)C(C)C)[nH]4)cc3)cc2)[nH]1)C(C)C.Cl.Cl.O. The molecule has 0 unspecified atom stereocenters. The summed E-state index contributed by atoms with van der Waals surface area (Å²) in [5.74, 6) is 0.955. The number of aromatic nitrogens is 4. The van der Waals surface area contributed by atoms with Crippen molar-refractivity contribution in [3.63, 3.8) is 0 Å². The van der Waals surface area contributed by atoms with Gasteiger partial charge in [0.2, 0.25) is 11.8 Å². The van der Waals surface area contributed by atoms with E-state index < -0.39 is 24.3 Å². The fourth-order valence-electron chi connectivity index (χ4n) is 7.38. The highest BCUT2D eigenvalue weighted by Gasteiger charge is 2.39. The number of imidazole rings is 2. The summed E-state index contributed by atoms with van der Waals surface area (Å²) in [4.78, 5) is 70.7. The quantitative estimate of drug-likeness (QED) is 0.136. The summed E-state index contributed by atoms with van der Waals surface area (Å²) >= 11 is 0. The van der Waals surface area contributed by atoms with Gasteiger partial charge in [0.1, 0.15) is 23.7 Å². The van der Waals surface area contributed by atoms with Crippen molar-refractivity contribution in [3.8, 4) is 33.6 Å². The third kappa shape index (κ3) is 10.3. The van der Waals surface area contributed by atoms with Crippen LogP contribution in [0.3, 0.4) is 0 Å². The number of ether oxygens (including phenoxy) is 2. The number of rotatable bonds is 11. The number of carbonyl (C=O) groups is 4. The van der Waals surface area contributed by atoms with Gasteiger partial charge < -0.3 is 45.4 Å². The maximum Gasteiger partial charge on any atom is 0.407 e. The van der Waals surface area contributed by atoms with Gasteiger partial charge in [0.25, 0.3) is 0 Å². The van der Waals surface area contributed by atoms with Crippen molar-refractivity contribution in [2.75, 3.05) is 27.3 Å². The fraction of sp³-hybridized carbons (Fsp3) is 0.450. The number of carbonyl (C=O) groups excluding carboxylic acids is 4. The molecule has 4 atom stereocenters. The number of alkyl carbamates (subject to hydrolysis) is 2. The van der Waals surface area contributed by atoms with Crippen molar-refractivity contribution in [2.24, 2.45) is 11.8 Å². The molecule has 2 aliphatic heterocycles. The van der Waals surface area contributed by atoms with Crippen LogP contribution in [0.1, 0.15) is 77.1 Å². The van der Waals surface area contributed by atoms with Gasteiger partial charge >= 0.3 is 12.2 Å². The lowest BCUT2D eigenvalue weighted by atomic mass is 10.0. The number of hydrogen-bond acceptors (Lipinski definition) is 8. The molecule has 2 aliphatic rings. The number of nitrogens with one attached hydrogen (secondary N) is 4. The molecule has 4 amide bonds. The first kappa shape index (κ1) is 46.3. The lowest BCUT2D eigenvalue weighted by Crippen LogP contribution is -2.51. The number of likely N-dealkylation sites (tertiary alicyclic amines) is 2. The minimum absolute atomic E-state index is 0. The van der Waals surface area contributed by atoms with Crippen LogP contribution in [0.2, 0.25) is 0 Å². The number of nitrogens with zero attached hydrogens (tertiary/aromatic N) is 4. The molecule has 310 valence electrons. The average molecular weight is 830 g/mol. The summed E-state index contributed by atoms with van der Waals surface area (Å²) in [6, 6.07) is 14.7. The molecule has 15 nitrogen and oxygen atoms in total. The zero-order valence-electron chi connectivity index (χ0n) is 33.0. The molecule has 4 heterocycles. The van der Waals surface area contributed by atoms with Crippen LogP contribution in [0.5, 0.6) is 0 Å². The van der Waals surface area contributed by atoms with Gasteiger partial charge in [-0.15, -0.1) is 24.8 Å². The first-order valence-corrected chi connectivity index (χ1v) is 18.6. The standard InChI is InChI=1S/C40H50N8O6.2ClH.H2O/c1-23(2)33(45-39(51)53-5)37(49)47-19-7-9-31(47)35-41-21-29(43-35)27-15-11-25(12-16-27)26-13-17-28(18-14-26)30-22-42-36(44-30)32-10-8-20-48(32)38(50)34(24(3)4)46-40(52)54-6;;;/h11-18,21-24,31-34H,7-10,19-20H2,1-6H3,(H,41,43)(H,42,44)(H,45,51)(H,46,52);2*1H;1H2/t31-,32-,33-,34-;;;/m0.../s1. The number of aromatic amines is 2. The van der Waals surface area contributed by atoms with Crippen LogP contribution in [0, 0.1) is 11.8 Å². The molecule has 0 saturated carbocycles. The number of amides is 4. The molecule has 0 aliphatic carbocycles. The minimum atomic E-state index is -0.687. The summed E-state index contributed by atoms with van der Waals surface area (Å²) in [6.45, 7) is 8.78. The third-order valence-electron chi connectivity index (χ3n) is 10.4. The van der Waals surface area contributed by atoms with Crippen LogP contribution in [0.4, 0.5) is 9.59 Å². The van der Waals surface area contributed by atoms with Crippen LogP contribution in [-0.4, -0.2) is 98.6 Å². The van der Waals surface area contributed by atoms with Gasteiger partial charge in [-0.25, -0.2) is 19.6 Å². The van der Waals surface area contributed by atoms with Crippen LogP contribution in [0.25, 0.3) is 33.6 Å². The van der Waals surface area contributed by atoms with E-state index in [1.807, 2.05) is 52.0 Å². The summed E-state index contributed by atoms with van der Waals surface area (Å²) in [7, 11) is 2.58. The average Bonchev–Trinajstić information content (AvgIpc) is 4.02. The van der Waals surface area contributed by atoms with E-state index >= 15 is 0 Å². The van der Waals surface area contributed by atoms with E-state index in [0.717, 1.165) is 71.0 Å². The van der Waals surface area contributed by atoms with Crippen LogP contribution in [0.15, 0.2) is 60.9 Å². The van der Waals surface area contributed by atoms with Crippen molar-refractivity contribution >= 4 is 48.8 Å². The van der Waals surface area contributed by atoms with Gasteiger partial charge in [0, 0.05) is 13.1 Å². The van der Waals surface area contributed by atoms with E-state index in [1.54, 1.807) is 22.2 Å². The maximum atomic E-state index is 13.5. The Labute approximate surface area is 345 Å². The Bertz CT molecular complexity index is 1810. The first-order valence-electron chi connectivity index (χ1n) is 18.6. The highest BCUT2D eigenvalue weighted by atomic mass is 35.5. The predicted octanol–water partition coefficient (Wildman–Crippen LogP) is 6.24. The maximum absolute atomic E-state index is 13.5.